The predicted octanol–water partition coefficient (Wildman–Crippen LogP) is 0.295. The van der Waals surface area contributed by atoms with E-state index in [2.05, 4.69) is 11.8 Å². The molecule has 1 aliphatic rings. The molecular formula is C13H29N5O2S. The summed E-state index contributed by atoms with van der Waals surface area (Å²) in [7, 11) is -3.35. The Hall–Kier alpha value is -0.700. The summed E-state index contributed by atoms with van der Waals surface area (Å²) in [6, 6.07) is -0.0618. The molecule has 1 rings (SSSR count). The zero-order valence-electron chi connectivity index (χ0n) is 13.4. The van der Waals surface area contributed by atoms with Gasteiger partial charge in [0, 0.05) is 39.3 Å². The maximum Gasteiger partial charge on any atom is 0.282 e. The molecule has 124 valence electrons. The number of nitrogens with two attached hydrogens (primary N) is 1. The van der Waals surface area contributed by atoms with Crippen molar-refractivity contribution in [2.24, 2.45) is 5.73 Å². The molecule has 1 unspecified atom stereocenters. The van der Waals surface area contributed by atoms with E-state index < -0.39 is 10.2 Å². The summed E-state index contributed by atoms with van der Waals surface area (Å²) < 4.78 is 27.9. The van der Waals surface area contributed by atoms with E-state index >= 15 is 0 Å². The van der Waals surface area contributed by atoms with Gasteiger partial charge in [0.1, 0.15) is 5.84 Å². The van der Waals surface area contributed by atoms with E-state index in [0.29, 0.717) is 39.3 Å². The lowest BCUT2D eigenvalue weighted by molar-refractivity contribution is 0.156. The van der Waals surface area contributed by atoms with Gasteiger partial charge in [-0.25, -0.2) is 0 Å². The minimum Gasteiger partial charge on any atom is -0.386 e. The van der Waals surface area contributed by atoms with Crippen LogP contribution in [0.1, 0.15) is 33.6 Å². The molecule has 7 nitrogen and oxygen atoms in total. The highest BCUT2D eigenvalue weighted by Gasteiger charge is 2.33. The number of hydrogen-bond acceptors (Lipinski definition) is 4. The number of nitrogens with one attached hydrogen (secondary N) is 1. The molecular weight excluding hydrogens is 290 g/mol. The molecule has 21 heavy (non-hydrogen) atoms. The fraction of sp³-hybridized carbons (Fsp3) is 0.923. The van der Waals surface area contributed by atoms with Crippen LogP contribution in [0, 0.1) is 5.41 Å². The third-order valence-electron chi connectivity index (χ3n) is 3.99. The molecule has 0 aromatic heterocycles. The van der Waals surface area contributed by atoms with Crippen LogP contribution in [0.4, 0.5) is 0 Å². The Bertz CT molecular complexity index is 428. The molecule has 0 bridgehead atoms. The molecule has 0 aromatic rings. The van der Waals surface area contributed by atoms with Crippen LogP contribution in [-0.4, -0.2) is 73.1 Å². The van der Waals surface area contributed by atoms with Crippen LogP contribution in [0.25, 0.3) is 0 Å². The van der Waals surface area contributed by atoms with E-state index in [0.717, 1.165) is 12.8 Å². The largest absolute Gasteiger partial charge is 0.386 e. The van der Waals surface area contributed by atoms with Crippen LogP contribution < -0.4 is 5.73 Å². The van der Waals surface area contributed by atoms with Crippen molar-refractivity contribution in [1.29, 1.82) is 5.41 Å². The first kappa shape index (κ1) is 18.3. The van der Waals surface area contributed by atoms with Gasteiger partial charge in [0.25, 0.3) is 10.2 Å². The van der Waals surface area contributed by atoms with Gasteiger partial charge in [-0.2, -0.15) is 17.0 Å². The van der Waals surface area contributed by atoms with E-state index in [4.69, 9.17) is 11.1 Å². The van der Waals surface area contributed by atoms with E-state index in [1.807, 2.05) is 13.8 Å². The van der Waals surface area contributed by atoms with Crippen molar-refractivity contribution in [3.05, 3.63) is 0 Å². The van der Waals surface area contributed by atoms with Crippen molar-refractivity contribution >= 4 is 16.0 Å². The first-order chi connectivity index (χ1) is 9.88. The molecule has 3 N–H and O–H groups in total. The normalized spacial score (nSPS) is 19.8. The molecule has 0 radical (unpaired) electrons. The first-order valence-corrected chi connectivity index (χ1v) is 9.11. The molecule has 8 heteroatoms. The number of piperazine rings is 1. The van der Waals surface area contributed by atoms with E-state index in [-0.39, 0.29) is 11.9 Å². The minimum atomic E-state index is -3.35. The lowest BCUT2D eigenvalue weighted by Gasteiger charge is -2.39. The monoisotopic (exact) mass is 319 g/mol. The Kier molecular flexibility index (Phi) is 7.05. The highest BCUT2D eigenvalue weighted by Crippen LogP contribution is 2.15. The highest BCUT2D eigenvalue weighted by molar-refractivity contribution is 7.86. The summed E-state index contributed by atoms with van der Waals surface area (Å²) in [5.74, 6) is 0.178. The quantitative estimate of drug-likeness (QED) is 0.497. The summed E-state index contributed by atoms with van der Waals surface area (Å²) in [6.45, 7) is 8.94. The Morgan fingerprint density at radius 1 is 1.19 bits per heavy atom. The topological polar surface area (TPSA) is 93.7 Å². The first-order valence-electron chi connectivity index (χ1n) is 7.71. The van der Waals surface area contributed by atoms with Gasteiger partial charge in [0.2, 0.25) is 0 Å². The summed E-state index contributed by atoms with van der Waals surface area (Å²) >= 11 is 0. The number of hydrogen-bond donors (Lipinski definition) is 2. The number of amidine groups is 1. The Labute approximate surface area is 128 Å². The van der Waals surface area contributed by atoms with Crippen molar-refractivity contribution in [1.82, 2.24) is 13.5 Å². The van der Waals surface area contributed by atoms with Crippen LogP contribution in [-0.2, 0) is 10.2 Å². The lowest BCUT2D eigenvalue weighted by Crippen LogP contribution is -2.57. The van der Waals surface area contributed by atoms with Gasteiger partial charge in [-0.05, 0) is 6.42 Å². The molecule has 0 aromatic carbocycles. The second-order valence-corrected chi connectivity index (χ2v) is 7.22. The van der Waals surface area contributed by atoms with Crippen LogP contribution in [0.15, 0.2) is 0 Å². The standard InChI is InChI=1S/C13H29N5O2S/c1-4-7-12(13(14)15)16-8-10-18(11-9-16)21(19,20)17(5-2)6-3/h12H,4-11H2,1-3H3,(H3,14,15). The maximum absolute atomic E-state index is 12.5. The minimum absolute atomic E-state index is 0.0618. The van der Waals surface area contributed by atoms with Crippen LogP contribution in [0.3, 0.4) is 0 Å². The summed E-state index contributed by atoms with van der Waals surface area (Å²) in [4.78, 5) is 2.13. The molecule has 1 aliphatic heterocycles. The molecule has 1 heterocycles. The van der Waals surface area contributed by atoms with Crippen molar-refractivity contribution < 1.29 is 8.42 Å². The summed E-state index contributed by atoms with van der Waals surface area (Å²) in [6.07, 6.45) is 1.81. The summed E-state index contributed by atoms with van der Waals surface area (Å²) in [5.41, 5.74) is 5.67. The molecule has 1 fully saturated rings. The van der Waals surface area contributed by atoms with Crippen LogP contribution in [0.5, 0.6) is 0 Å². The second-order valence-electron chi connectivity index (χ2n) is 5.29. The molecule has 0 aliphatic carbocycles. The Morgan fingerprint density at radius 3 is 2.10 bits per heavy atom. The smallest absolute Gasteiger partial charge is 0.282 e. The molecule has 0 spiro atoms. The molecule has 1 atom stereocenters. The average molecular weight is 319 g/mol. The van der Waals surface area contributed by atoms with Gasteiger partial charge in [0.15, 0.2) is 0 Å². The average Bonchev–Trinajstić information content (AvgIpc) is 2.45. The predicted molar refractivity (Wildman–Crippen MR) is 85.6 cm³/mol. The summed E-state index contributed by atoms with van der Waals surface area (Å²) in [5, 5.41) is 7.69. The molecule has 1 saturated heterocycles. The van der Waals surface area contributed by atoms with Crippen molar-refractivity contribution in [2.75, 3.05) is 39.3 Å². The number of rotatable bonds is 8. The van der Waals surface area contributed by atoms with Gasteiger partial charge in [-0.3, -0.25) is 10.3 Å². The molecule has 0 saturated carbocycles. The van der Waals surface area contributed by atoms with Gasteiger partial charge in [0.05, 0.1) is 6.04 Å². The van der Waals surface area contributed by atoms with Crippen LogP contribution >= 0.6 is 0 Å². The molecule has 0 amide bonds. The van der Waals surface area contributed by atoms with Gasteiger partial charge in [-0.1, -0.05) is 27.2 Å². The highest BCUT2D eigenvalue weighted by atomic mass is 32.2. The number of nitrogens with zero attached hydrogens (tertiary/aromatic N) is 3. The zero-order chi connectivity index (χ0) is 16.0. The fourth-order valence-electron chi connectivity index (χ4n) is 2.77. The third-order valence-corrected chi connectivity index (χ3v) is 6.18. The van der Waals surface area contributed by atoms with Crippen molar-refractivity contribution in [3.8, 4) is 0 Å². The Morgan fingerprint density at radius 2 is 1.71 bits per heavy atom. The second kappa shape index (κ2) is 8.07. The fourth-order valence-corrected chi connectivity index (χ4v) is 4.37. The van der Waals surface area contributed by atoms with Crippen molar-refractivity contribution in [2.45, 2.75) is 39.7 Å². The van der Waals surface area contributed by atoms with Gasteiger partial charge >= 0.3 is 0 Å². The third kappa shape index (κ3) is 4.38. The van der Waals surface area contributed by atoms with Gasteiger partial charge < -0.3 is 5.73 Å². The zero-order valence-corrected chi connectivity index (χ0v) is 14.2. The van der Waals surface area contributed by atoms with E-state index in [9.17, 15) is 8.42 Å². The van der Waals surface area contributed by atoms with E-state index in [1.165, 1.54) is 4.31 Å². The van der Waals surface area contributed by atoms with E-state index in [1.54, 1.807) is 4.31 Å². The maximum atomic E-state index is 12.5. The Balaban J connectivity index is 2.69. The lowest BCUT2D eigenvalue weighted by atomic mass is 10.1. The van der Waals surface area contributed by atoms with Gasteiger partial charge in [-0.15, -0.1) is 0 Å². The van der Waals surface area contributed by atoms with Crippen molar-refractivity contribution in [3.63, 3.8) is 0 Å². The SMILES string of the molecule is CCCC(C(=N)N)N1CCN(S(=O)(=O)N(CC)CC)CC1. The van der Waals surface area contributed by atoms with Crippen LogP contribution in [0.2, 0.25) is 0 Å².